The molecule has 0 atom stereocenters. The van der Waals surface area contributed by atoms with Gasteiger partial charge in [-0.25, -0.2) is 14.4 Å². The molecule has 5 aromatic rings. The van der Waals surface area contributed by atoms with Crippen molar-refractivity contribution >= 4 is 38.9 Å². The highest BCUT2D eigenvalue weighted by Gasteiger charge is 2.20. The molecule has 0 aliphatic heterocycles. The molecule has 0 fully saturated rings. The molecule has 4 aromatic heterocycles. The van der Waals surface area contributed by atoms with E-state index in [0.717, 1.165) is 5.69 Å². The SMILES string of the molecule is Cc1cc(NC(=O)c2c(C)nc3ccccn23)n(-c2nc3ccc(F)cc3s2)n1. The van der Waals surface area contributed by atoms with Crippen LogP contribution in [0.25, 0.3) is 21.0 Å². The second kappa shape index (κ2) is 6.49. The molecule has 0 aliphatic rings. The Morgan fingerprint density at radius 3 is 2.86 bits per heavy atom. The van der Waals surface area contributed by atoms with E-state index in [1.807, 2.05) is 25.1 Å². The van der Waals surface area contributed by atoms with Gasteiger partial charge in [0.15, 0.2) is 0 Å². The number of nitrogens with one attached hydrogen (secondary N) is 1. The van der Waals surface area contributed by atoms with Crippen LogP contribution in [0.2, 0.25) is 0 Å². The van der Waals surface area contributed by atoms with Crippen molar-refractivity contribution < 1.29 is 9.18 Å². The van der Waals surface area contributed by atoms with Crippen LogP contribution >= 0.6 is 11.3 Å². The Labute approximate surface area is 168 Å². The van der Waals surface area contributed by atoms with E-state index in [4.69, 9.17) is 0 Å². The molecule has 0 spiro atoms. The van der Waals surface area contributed by atoms with Gasteiger partial charge in [0, 0.05) is 12.3 Å². The third kappa shape index (κ3) is 2.95. The summed E-state index contributed by atoms with van der Waals surface area (Å²) in [6.45, 7) is 3.63. The minimum Gasteiger partial charge on any atom is -0.305 e. The summed E-state index contributed by atoms with van der Waals surface area (Å²) in [7, 11) is 0. The average Bonchev–Trinajstić information content (AvgIpc) is 3.34. The quantitative estimate of drug-likeness (QED) is 0.489. The number of fused-ring (bicyclic) bond motifs is 2. The molecule has 1 N–H and O–H groups in total. The van der Waals surface area contributed by atoms with E-state index in [1.165, 1.54) is 23.5 Å². The van der Waals surface area contributed by atoms with Crippen LogP contribution in [0.4, 0.5) is 10.2 Å². The Balaban J connectivity index is 1.55. The number of carbonyl (C=O) groups is 1. The normalized spacial score (nSPS) is 11.4. The van der Waals surface area contributed by atoms with Crippen molar-refractivity contribution in [3.63, 3.8) is 0 Å². The molecule has 144 valence electrons. The number of aromatic nitrogens is 5. The van der Waals surface area contributed by atoms with Gasteiger partial charge in [-0.05, 0) is 44.2 Å². The lowest BCUT2D eigenvalue weighted by Gasteiger charge is -2.07. The third-order valence-corrected chi connectivity index (χ3v) is 5.51. The number of hydrogen-bond donors (Lipinski definition) is 1. The van der Waals surface area contributed by atoms with Crippen molar-refractivity contribution in [1.82, 2.24) is 24.1 Å². The molecule has 0 saturated carbocycles. The van der Waals surface area contributed by atoms with Crippen molar-refractivity contribution in [2.45, 2.75) is 13.8 Å². The van der Waals surface area contributed by atoms with Gasteiger partial charge in [0.2, 0.25) is 5.13 Å². The fourth-order valence-electron chi connectivity index (χ4n) is 3.27. The molecular weight excluding hydrogens is 391 g/mol. The molecule has 4 heterocycles. The number of rotatable bonds is 3. The molecule has 9 heteroatoms. The molecule has 1 aromatic carbocycles. The molecule has 5 rings (SSSR count). The molecular formula is C20H15FN6OS. The van der Waals surface area contributed by atoms with E-state index < -0.39 is 0 Å². The molecule has 0 aliphatic carbocycles. The van der Waals surface area contributed by atoms with Crippen LogP contribution < -0.4 is 5.32 Å². The van der Waals surface area contributed by atoms with Crippen molar-refractivity contribution in [3.05, 3.63) is 71.6 Å². The summed E-state index contributed by atoms with van der Waals surface area (Å²) in [6.07, 6.45) is 1.80. The molecule has 29 heavy (non-hydrogen) atoms. The standard InChI is InChI=1S/C20H15FN6OS/c1-11-9-17(24-19(28)18-12(2)22-16-5-3-4-8-26(16)18)27(25-11)20-23-14-7-6-13(21)10-15(14)29-20/h3-10H,1-2H3,(H,24,28). The number of hydrogen-bond acceptors (Lipinski definition) is 5. The van der Waals surface area contributed by atoms with E-state index in [0.29, 0.717) is 38.2 Å². The third-order valence-electron chi connectivity index (χ3n) is 4.51. The summed E-state index contributed by atoms with van der Waals surface area (Å²) in [6, 6.07) is 11.8. The minimum absolute atomic E-state index is 0.297. The number of pyridine rings is 1. The Morgan fingerprint density at radius 1 is 1.14 bits per heavy atom. The van der Waals surface area contributed by atoms with Crippen LogP contribution in [-0.4, -0.2) is 30.1 Å². The zero-order valence-corrected chi connectivity index (χ0v) is 16.4. The van der Waals surface area contributed by atoms with E-state index in [2.05, 4.69) is 20.4 Å². The zero-order chi connectivity index (χ0) is 20.1. The summed E-state index contributed by atoms with van der Waals surface area (Å²) in [5.74, 6) is -0.132. The number of benzene rings is 1. The van der Waals surface area contributed by atoms with Gasteiger partial charge in [-0.1, -0.05) is 17.4 Å². The van der Waals surface area contributed by atoms with E-state index in [1.54, 1.807) is 34.3 Å². The number of nitrogens with zero attached hydrogens (tertiary/aromatic N) is 5. The van der Waals surface area contributed by atoms with Crippen molar-refractivity contribution in [3.8, 4) is 5.13 Å². The second-order valence-corrected chi connectivity index (χ2v) is 7.63. The monoisotopic (exact) mass is 406 g/mol. The van der Waals surface area contributed by atoms with Gasteiger partial charge in [0.25, 0.3) is 5.91 Å². The van der Waals surface area contributed by atoms with Crippen molar-refractivity contribution in [2.75, 3.05) is 5.32 Å². The Kier molecular flexibility index (Phi) is 3.92. The smallest absolute Gasteiger partial charge is 0.275 e. The van der Waals surface area contributed by atoms with Crippen LogP contribution in [0.15, 0.2) is 48.7 Å². The summed E-state index contributed by atoms with van der Waals surface area (Å²) in [4.78, 5) is 22.0. The first kappa shape index (κ1) is 17.5. The van der Waals surface area contributed by atoms with Crippen LogP contribution in [0.3, 0.4) is 0 Å². The Morgan fingerprint density at radius 2 is 2.00 bits per heavy atom. The molecule has 0 radical (unpaired) electrons. The Bertz CT molecular complexity index is 1400. The lowest BCUT2D eigenvalue weighted by molar-refractivity contribution is 0.102. The van der Waals surface area contributed by atoms with Gasteiger partial charge in [-0.2, -0.15) is 9.78 Å². The lowest BCUT2D eigenvalue weighted by atomic mass is 10.3. The fraction of sp³-hybridized carbons (Fsp3) is 0.100. The maximum Gasteiger partial charge on any atom is 0.275 e. The lowest BCUT2D eigenvalue weighted by Crippen LogP contribution is -2.18. The highest BCUT2D eigenvalue weighted by Crippen LogP contribution is 2.28. The van der Waals surface area contributed by atoms with E-state index >= 15 is 0 Å². The predicted octanol–water partition coefficient (Wildman–Crippen LogP) is 4.14. The number of anilines is 1. The maximum absolute atomic E-state index is 13.5. The number of halogens is 1. The van der Waals surface area contributed by atoms with E-state index in [9.17, 15) is 9.18 Å². The van der Waals surface area contributed by atoms with Gasteiger partial charge >= 0.3 is 0 Å². The largest absolute Gasteiger partial charge is 0.305 e. The van der Waals surface area contributed by atoms with Gasteiger partial charge in [0.05, 0.1) is 21.6 Å². The van der Waals surface area contributed by atoms with Crippen LogP contribution in [0.5, 0.6) is 0 Å². The summed E-state index contributed by atoms with van der Waals surface area (Å²) in [5, 5.41) is 7.91. The molecule has 0 bridgehead atoms. The van der Waals surface area contributed by atoms with Crippen LogP contribution in [0, 0.1) is 19.7 Å². The molecule has 7 nitrogen and oxygen atoms in total. The first-order valence-electron chi connectivity index (χ1n) is 8.88. The number of aryl methyl sites for hydroxylation is 2. The van der Waals surface area contributed by atoms with Gasteiger partial charge < -0.3 is 5.32 Å². The number of thiazole rings is 1. The maximum atomic E-state index is 13.5. The average molecular weight is 406 g/mol. The van der Waals surface area contributed by atoms with Gasteiger partial charge in [-0.15, -0.1) is 0 Å². The predicted molar refractivity (Wildman–Crippen MR) is 109 cm³/mol. The molecule has 0 saturated heterocycles. The van der Waals surface area contributed by atoms with Crippen molar-refractivity contribution in [2.24, 2.45) is 0 Å². The first-order chi connectivity index (χ1) is 14.0. The van der Waals surface area contributed by atoms with Crippen LogP contribution in [-0.2, 0) is 0 Å². The minimum atomic E-state index is -0.319. The summed E-state index contributed by atoms with van der Waals surface area (Å²) in [5.41, 5.74) is 3.19. The van der Waals surface area contributed by atoms with Gasteiger partial charge in [-0.3, -0.25) is 9.20 Å². The highest BCUT2D eigenvalue weighted by atomic mass is 32.1. The zero-order valence-electron chi connectivity index (χ0n) is 15.5. The summed E-state index contributed by atoms with van der Waals surface area (Å²) < 4.78 is 17.5. The summed E-state index contributed by atoms with van der Waals surface area (Å²) >= 11 is 1.30. The van der Waals surface area contributed by atoms with E-state index in [-0.39, 0.29) is 11.7 Å². The number of imidazole rings is 1. The van der Waals surface area contributed by atoms with Crippen LogP contribution in [0.1, 0.15) is 21.9 Å². The van der Waals surface area contributed by atoms with Crippen molar-refractivity contribution in [1.29, 1.82) is 0 Å². The first-order valence-corrected chi connectivity index (χ1v) is 9.69. The topological polar surface area (TPSA) is 77.1 Å². The molecule has 1 amide bonds. The second-order valence-electron chi connectivity index (χ2n) is 6.62. The number of amides is 1. The fourth-order valence-corrected chi connectivity index (χ4v) is 4.23. The molecule has 0 unspecified atom stereocenters. The number of carbonyl (C=O) groups excluding carboxylic acids is 1. The Hall–Kier alpha value is -3.59. The highest BCUT2D eigenvalue weighted by molar-refractivity contribution is 7.20. The van der Waals surface area contributed by atoms with Gasteiger partial charge in [0.1, 0.15) is 23.0 Å².